The number of phenolic OH excluding ortho intramolecular Hbond substituents is 1. The fourth-order valence-corrected chi connectivity index (χ4v) is 1.54. The maximum Gasteiger partial charge on any atom is 0.342 e. The Hall–Kier alpha value is -1.69. The molecule has 0 saturated heterocycles. The van der Waals surface area contributed by atoms with Crippen molar-refractivity contribution in [2.45, 2.75) is 26.1 Å². The predicted molar refractivity (Wildman–Crippen MR) is 61.3 cm³/mol. The third-order valence-electron chi connectivity index (χ3n) is 2.42. The highest BCUT2D eigenvalue weighted by Crippen LogP contribution is 2.30. The highest BCUT2D eigenvalue weighted by molar-refractivity contribution is 5.76. The number of benzene rings is 1. The molecule has 0 spiro atoms. The molecule has 0 fully saturated rings. The maximum absolute atomic E-state index is 13.7. The minimum absolute atomic E-state index is 0.0140. The Morgan fingerprint density at radius 1 is 1.56 bits per heavy atom. The lowest BCUT2D eigenvalue weighted by atomic mass is 9.99. The van der Waals surface area contributed by atoms with Gasteiger partial charge in [0.25, 0.3) is 0 Å². The molecule has 0 aliphatic rings. The Bertz CT molecular complexity index is 451. The van der Waals surface area contributed by atoms with Crippen LogP contribution in [0.5, 0.6) is 5.75 Å². The summed E-state index contributed by atoms with van der Waals surface area (Å²) >= 11 is 0. The molecule has 3 N–H and O–H groups in total. The van der Waals surface area contributed by atoms with Gasteiger partial charge in [-0.15, -0.1) is 0 Å². The zero-order chi connectivity index (χ0) is 13.9. The molecular formula is C12H15F2NO3. The number of rotatable bonds is 4. The first-order chi connectivity index (χ1) is 8.38. The Kier molecular flexibility index (Phi) is 4.61. The van der Waals surface area contributed by atoms with Gasteiger partial charge in [-0.2, -0.15) is 0 Å². The maximum atomic E-state index is 13.7. The molecule has 100 valence electrons. The van der Waals surface area contributed by atoms with Crippen molar-refractivity contribution >= 4 is 5.97 Å². The van der Waals surface area contributed by atoms with E-state index >= 15 is 0 Å². The number of aromatic hydroxyl groups is 1. The first kappa shape index (κ1) is 14.4. The third-order valence-corrected chi connectivity index (χ3v) is 2.42. The number of esters is 1. The van der Waals surface area contributed by atoms with Crippen molar-refractivity contribution in [1.29, 1.82) is 0 Å². The summed E-state index contributed by atoms with van der Waals surface area (Å²) in [5.74, 6) is -2.79. The van der Waals surface area contributed by atoms with E-state index in [2.05, 4.69) is 4.74 Å². The molecule has 0 radical (unpaired) electrons. The summed E-state index contributed by atoms with van der Waals surface area (Å²) in [6.45, 7) is 3.11. The van der Waals surface area contributed by atoms with E-state index in [1.165, 1.54) is 13.0 Å². The summed E-state index contributed by atoms with van der Waals surface area (Å²) in [6.07, 6.45) is -2.16. The molecule has 1 rings (SSSR count). The van der Waals surface area contributed by atoms with E-state index in [4.69, 9.17) is 5.73 Å². The van der Waals surface area contributed by atoms with Crippen LogP contribution < -0.4 is 5.73 Å². The lowest BCUT2D eigenvalue weighted by Crippen LogP contribution is -2.31. The second-order valence-corrected chi connectivity index (χ2v) is 3.86. The molecule has 1 aromatic rings. The van der Waals surface area contributed by atoms with Crippen LogP contribution in [0, 0.1) is 12.7 Å². The Morgan fingerprint density at radius 2 is 2.17 bits per heavy atom. The molecule has 0 amide bonds. The van der Waals surface area contributed by atoms with E-state index in [0.717, 1.165) is 6.07 Å². The van der Waals surface area contributed by atoms with E-state index in [9.17, 15) is 18.7 Å². The number of hydrogen-bond donors (Lipinski definition) is 2. The Balaban J connectivity index is 3.03. The van der Waals surface area contributed by atoms with Gasteiger partial charge in [0.05, 0.1) is 12.6 Å². The average Bonchev–Trinajstić information content (AvgIpc) is 2.32. The highest BCUT2D eigenvalue weighted by atomic mass is 19.1. The summed E-state index contributed by atoms with van der Waals surface area (Å²) < 4.78 is 31.4. The van der Waals surface area contributed by atoms with E-state index in [0.29, 0.717) is 5.56 Å². The van der Waals surface area contributed by atoms with Gasteiger partial charge in [-0.1, -0.05) is 6.07 Å². The molecule has 4 nitrogen and oxygen atoms in total. The Morgan fingerprint density at radius 3 is 2.72 bits per heavy atom. The monoisotopic (exact) mass is 259 g/mol. The Labute approximate surface area is 103 Å². The summed E-state index contributed by atoms with van der Waals surface area (Å²) in [7, 11) is 0. The summed E-state index contributed by atoms with van der Waals surface area (Å²) in [5, 5.41) is 9.48. The SMILES string of the molecule is CCOC(=O)C(F)[C@@H](N)c1cc(C)cc(F)c1O. The van der Waals surface area contributed by atoms with Crippen LogP contribution in [0.15, 0.2) is 12.1 Å². The first-order valence-corrected chi connectivity index (χ1v) is 5.43. The molecule has 1 unspecified atom stereocenters. The number of alkyl halides is 1. The predicted octanol–water partition coefficient (Wildman–Crippen LogP) is 1.74. The summed E-state index contributed by atoms with van der Waals surface area (Å²) in [5.41, 5.74) is 5.81. The average molecular weight is 259 g/mol. The molecule has 0 aliphatic carbocycles. The van der Waals surface area contributed by atoms with Gasteiger partial charge in [-0.05, 0) is 25.5 Å². The smallest absolute Gasteiger partial charge is 0.342 e. The van der Waals surface area contributed by atoms with Gasteiger partial charge < -0.3 is 15.6 Å². The zero-order valence-corrected chi connectivity index (χ0v) is 10.1. The number of carbonyl (C=O) groups excluding carboxylic acids is 1. The second kappa shape index (κ2) is 5.77. The molecule has 0 saturated carbocycles. The molecule has 0 aliphatic heterocycles. The minimum atomic E-state index is -2.16. The quantitative estimate of drug-likeness (QED) is 0.808. The van der Waals surface area contributed by atoms with E-state index in [1.807, 2.05) is 0 Å². The van der Waals surface area contributed by atoms with E-state index in [-0.39, 0.29) is 12.2 Å². The fourth-order valence-electron chi connectivity index (χ4n) is 1.54. The van der Waals surface area contributed by atoms with Gasteiger partial charge in [0.2, 0.25) is 6.17 Å². The standard InChI is InChI=1S/C12H15F2NO3/c1-3-18-12(17)9(14)10(15)7-4-6(2)5-8(13)11(7)16/h4-5,9-10,16H,3,15H2,1-2H3/t9?,10-/m0/s1. The van der Waals surface area contributed by atoms with Crippen LogP contribution in [-0.2, 0) is 9.53 Å². The van der Waals surface area contributed by atoms with E-state index in [1.54, 1.807) is 6.92 Å². The lowest BCUT2D eigenvalue weighted by Gasteiger charge is -2.17. The second-order valence-electron chi connectivity index (χ2n) is 3.86. The van der Waals surface area contributed by atoms with Crippen LogP contribution in [0.25, 0.3) is 0 Å². The van der Waals surface area contributed by atoms with Crippen LogP contribution in [-0.4, -0.2) is 23.9 Å². The molecule has 18 heavy (non-hydrogen) atoms. The van der Waals surface area contributed by atoms with Crippen molar-refractivity contribution in [3.63, 3.8) is 0 Å². The van der Waals surface area contributed by atoms with Crippen LogP contribution in [0.3, 0.4) is 0 Å². The molecule has 0 aromatic heterocycles. The van der Waals surface area contributed by atoms with Gasteiger partial charge in [-0.3, -0.25) is 0 Å². The highest BCUT2D eigenvalue weighted by Gasteiger charge is 2.30. The molecule has 6 heteroatoms. The van der Waals surface area contributed by atoms with Crippen LogP contribution >= 0.6 is 0 Å². The molecule has 0 bridgehead atoms. The van der Waals surface area contributed by atoms with Crippen molar-refractivity contribution in [2.75, 3.05) is 6.61 Å². The van der Waals surface area contributed by atoms with Gasteiger partial charge in [0.1, 0.15) is 0 Å². The van der Waals surface area contributed by atoms with Gasteiger partial charge >= 0.3 is 5.97 Å². The number of carbonyl (C=O) groups is 1. The number of phenols is 1. The molecule has 2 atom stereocenters. The topological polar surface area (TPSA) is 72.5 Å². The third kappa shape index (κ3) is 2.95. The number of nitrogens with two attached hydrogens (primary N) is 1. The van der Waals surface area contributed by atoms with Crippen molar-refractivity contribution in [3.8, 4) is 5.75 Å². The van der Waals surface area contributed by atoms with Crippen molar-refractivity contribution in [2.24, 2.45) is 5.73 Å². The van der Waals surface area contributed by atoms with Gasteiger partial charge in [0.15, 0.2) is 11.6 Å². The molecule has 0 heterocycles. The zero-order valence-electron chi connectivity index (χ0n) is 10.1. The van der Waals surface area contributed by atoms with Crippen LogP contribution in [0.1, 0.15) is 24.1 Å². The number of aryl methyl sites for hydroxylation is 1. The van der Waals surface area contributed by atoms with Crippen molar-refractivity contribution < 1.29 is 23.4 Å². The fraction of sp³-hybridized carbons (Fsp3) is 0.417. The van der Waals surface area contributed by atoms with Crippen molar-refractivity contribution in [1.82, 2.24) is 0 Å². The summed E-state index contributed by atoms with van der Waals surface area (Å²) in [4.78, 5) is 11.2. The van der Waals surface area contributed by atoms with Gasteiger partial charge in [0, 0.05) is 5.56 Å². The van der Waals surface area contributed by atoms with Crippen LogP contribution in [0.4, 0.5) is 8.78 Å². The molecule has 1 aromatic carbocycles. The first-order valence-electron chi connectivity index (χ1n) is 5.43. The normalized spacial score (nSPS) is 14.1. The van der Waals surface area contributed by atoms with Gasteiger partial charge in [-0.25, -0.2) is 13.6 Å². The van der Waals surface area contributed by atoms with Crippen molar-refractivity contribution in [3.05, 3.63) is 29.1 Å². The minimum Gasteiger partial charge on any atom is -0.505 e. The van der Waals surface area contributed by atoms with Crippen LogP contribution in [0.2, 0.25) is 0 Å². The number of ether oxygens (including phenoxy) is 1. The summed E-state index contributed by atoms with van der Waals surface area (Å²) in [6, 6.07) is 0.941. The number of halogens is 2. The number of hydrogen-bond acceptors (Lipinski definition) is 4. The largest absolute Gasteiger partial charge is 0.505 e. The lowest BCUT2D eigenvalue weighted by molar-refractivity contribution is -0.149. The molecular weight excluding hydrogens is 244 g/mol. The van der Waals surface area contributed by atoms with E-state index < -0.39 is 29.7 Å².